The molecule has 1 aromatic rings. The lowest BCUT2D eigenvalue weighted by molar-refractivity contribution is 0.537. The van der Waals surface area contributed by atoms with Gasteiger partial charge in [0.25, 0.3) is 0 Å². The molecule has 0 saturated carbocycles. The van der Waals surface area contributed by atoms with Crippen LogP contribution in [0.4, 0.5) is 0 Å². The van der Waals surface area contributed by atoms with E-state index in [0.717, 1.165) is 12.5 Å². The molecule has 1 aromatic carbocycles. The number of nitrogens with zero attached hydrogens (tertiary/aromatic N) is 1. The molecule has 0 aromatic heterocycles. The molecule has 0 aliphatic carbocycles. The number of aliphatic imine (C=N–C) groups is 1. The summed E-state index contributed by atoms with van der Waals surface area (Å²) in [7, 11) is 0. The number of benzene rings is 1. The number of hydrogen-bond donors (Lipinski definition) is 2. The second-order valence-corrected chi connectivity index (χ2v) is 5.50. The van der Waals surface area contributed by atoms with Crippen LogP contribution in [0, 0.1) is 19.3 Å². The Morgan fingerprint density at radius 3 is 2.45 bits per heavy atom. The molecule has 0 heterocycles. The summed E-state index contributed by atoms with van der Waals surface area (Å²) in [6.07, 6.45) is 5.26. The van der Waals surface area contributed by atoms with Crippen LogP contribution < -0.4 is 10.6 Å². The predicted octanol–water partition coefficient (Wildman–Crippen LogP) is 2.46. The van der Waals surface area contributed by atoms with Gasteiger partial charge in [-0.25, -0.2) is 0 Å². The van der Waals surface area contributed by atoms with Crippen molar-refractivity contribution in [2.75, 3.05) is 19.6 Å². The summed E-state index contributed by atoms with van der Waals surface area (Å²) in [6, 6.07) is 8.63. The summed E-state index contributed by atoms with van der Waals surface area (Å²) in [6.45, 7) is 10.5. The Balaban J connectivity index is 2.77. The van der Waals surface area contributed by atoms with E-state index in [9.17, 15) is 0 Å². The Kier molecular flexibility index (Phi) is 6.11. The van der Waals surface area contributed by atoms with Gasteiger partial charge in [-0.05, 0) is 19.4 Å². The van der Waals surface area contributed by atoms with Crippen molar-refractivity contribution >= 4 is 5.96 Å². The molecule has 0 amide bonds. The molecule has 1 rings (SSSR count). The fourth-order valence-corrected chi connectivity index (χ4v) is 1.85. The highest BCUT2D eigenvalue weighted by Crippen LogP contribution is 2.23. The molecule has 0 unspecified atom stereocenters. The summed E-state index contributed by atoms with van der Waals surface area (Å²) in [4.78, 5) is 4.62. The molecule has 0 atom stereocenters. The van der Waals surface area contributed by atoms with Gasteiger partial charge in [0.2, 0.25) is 0 Å². The molecular weight excluding hydrogens is 246 g/mol. The van der Waals surface area contributed by atoms with Gasteiger partial charge in [-0.3, -0.25) is 4.99 Å². The zero-order chi connectivity index (χ0) is 15.0. The first-order valence-electron chi connectivity index (χ1n) is 7.02. The van der Waals surface area contributed by atoms with Gasteiger partial charge >= 0.3 is 0 Å². The maximum atomic E-state index is 5.26. The highest BCUT2D eigenvalue weighted by atomic mass is 15.2. The number of hydrogen-bond acceptors (Lipinski definition) is 1. The third kappa shape index (κ3) is 4.97. The number of rotatable bonds is 5. The zero-order valence-corrected chi connectivity index (χ0v) is 13.0. The van der Waals surface area contributed by atoms with Crippen LogP contribution in [-0.2, 0) is 5.41 Å². The molecule has 0 spiro atoms. The van der Waals surface area contributed by atoms with Gasteiger partial charge in [0, 0.05) is 12.0 Å². The maximum Gasteiger partial charge on any atom is 0.192 e. The molecule has 0 saturated heterocycles. The maximum absolute atomic E-state index is 5.26. The summed E-state index contributed by atoms with van der Waals surface area (Å²) >= 11 is 0. The first-order chi connectivity index (χ1) is 9.49. The molecule has 20 heavy (non-hydrogen) atoms. The van der Waals surface area contributed by atoms with Gasteiger partial charge in [0.1, 0.15) is 0 Å². The summed E-state index contributed by atoms with van der Waals surface area (Å²) < 4.78 is 0. The van der Waals surface area contributed by atoms with E-state index < -0.39 is 0 Å². The summed E-state index contributed by atoms with van der Waals surface area (Å²) in [5.41, 5.74) is 2.56. The van der Waals surface area contributed by atoms with Crippen molar-refractivity contribution in [1.82, 2.24) is 10.6 Å². The van der Waals surface area contributed by atoms with E-state index in [2.05, 4.69) is 66.6 Å². The van der Waals surface area contributed by atoms with Crippen molar-refractivity contribution in [1.29, 1.82) is 0 Å². The molecule has 3 heteroatoms. The monoisotopic (exact) mass is 271 g/mol. The van der Waals surface area contributed by atoms with Gasteiger partial charge < -0.3 is 10.6 Å². The SMILES string of the molecule is C#CCNC(=NCC(C)(C)c1ccc(C)cc1)NCC. The molecule has 0 aliphatic rings. The Morgan fingerprint density at radius 2 is 1.90 bits per heavy atom. The van der Waals surface area contributed by atoms with Gasteiger partial charge in [-0.1, -0.05) is 49.6 Å². The lowest BCUT2D eigenvalue weighted by atomic mass is 9.84. The number of terminal acetylenes is 1. The van der Waals surface area contributed by atoms with E-state index in [1.807, 2.05) is 6.92 Å². The molecule has 0 fully saturated rings. The van der Waals surface area contributed by atoms with E-state index in [4.69, 9.17) is 6.42 Å². The highest BCUT2D eigenvalue weighted by molar-refractivity contribution is 5.80. The third-order valence-corrected chi connectivity index (χ3v) is 3.17. The van der Waals surface area contributed by atoms with Crippen LogP contribution in [0.3, 0.4) is 0 Å². The van der Waals surface area contributed by atoms with Crippen LogP contribution in [-0.4, -0.2) is 25.6 Å². The van der Waals surface area contributed by atoms with Crippen molar-refractivity contribution in [2.24, 2.45) is 4.99 Å². The van der Waals surface area contributed by atoms with Crippen molar-refractivity contribution in [3.8, 4) is 12.3 Å². The Morgan fingerprint density at radius 1 is 1.25 bits per heavy atom. The smallest absolute Gasteiger partial charge is 0.192 e. The van der Waals surface area contributed by atoms with Gasteiger partial charge in [0.15, 0.2) is 5.96 Å². The first-order valence-corrected chi connectivity index (χ1v) is 7.02. The van der Waals surface area contributed by atoms with Crippen molar-refractivity contribution < 1.29 is 0 Å². The molecule has 3 nitrogen and oxygen atoms in total. The standard InChI is InChI=1S/C17H25N3/c1-6-12-19-16(18-7-2)20-13-17(4,5)15-10-8-14(3)9-11-15/h1,8-11H,7,12-13H2,2-5H3,(H2,18,19,20). The lowest BCUT2D eigenvalue weighted by Gasteiger charge is -2.24. The Labute approximate surface area is 122 Å². The lowest BCUT2D eigenvalue weighted by Crippen LogP contribution is -2.38. The van der Waals surface area contributed by atoms with Crippen LogP contribution in [0.15, 0.2) is 29.3 Å². The zero-order valence-electron chi connectivity index (χ0n) is 13.0. The average Bonchev–Trinajstić information content (AvgIpc) is 2.42. The van der Waals surface area contributed by atoms with Crippen molar-refractivity contribution in [2.45, 2.75) is 33.1 Å². The van der Waals surface area contributed by atoms with Gasteiger partial charge in [-0.15, -0.1) is 6.42 Å². The van der Waals surface area contributed by atoms with Crippen LogP contribution >= 0.6 is 0 Å². The topological polar surface area (TPSA) is 36.4 Å². The molecule has 108 valence electrons. The number of guanidine groups is 1. The van der Waals surface area contributed by atoms with E-state index in [-0.39, 0.29) is 5.41 Å². The average molecular weight is 271 g/mol. The van der Waals surface area contributed by atoms with E-state index in [1.165, 1.54) is 11.1 Å². The minimum absolute atomic E-state index is 0.00774. The minimum Gasteiger partial charge on any atom is -0.357 e. The largest absolute Gasteiger partial charge is 0.357 e. The molecule has 0 radical (unpaired) electrons. The van der Waals surface area contributed by atoms with Crippen LogP contribution in [0.1, 0.15) is 31.9 Å². The van der Waals surface area contributed by atoms with Crippen molar-refractivity contribution in [3.63, 3.8) is 0 Å². The van der Waals surface area contributed by atoms with E-state index in [1.54, 1.807) is 0 Å². The van der Waals surface area contributed by atoms with Crippen molar-refractivity contribution in [3.05, 3.63) is 35.4 Å². The van der Waals surface area contributed by atoms with Crippen LogP contribution in [0.5, 0.6) is 0 Å². The van der Waals surface area contributed by atoms with E-state index >= 15 is 0 Å². The fourth-order valence-electron chi connectivity index (χ4n) is 1.85. The van der Waals surface area contributed by atoms with Gasteiger partial charge in [0.05, 0.1) is 13.1 Å². The highest BCUT2D eigenvalue weighted by Gasteiger charge is 2.20. The number of aryl methyl sites for hydroxylation is 1. The Hall–Kier alpha value is -1.95. The quantitative estimate of drug-likeness (QED) is 0.490. The normalized spacial score (nSPS) is 11.8. The van der Waals surface area contributed by atoms with E-state index in [0.29, 0.717) is 13.1 Å². The molecule has 2 N–H and O–H groups in total. The minimum atomic E-state index is -0.00774. The summed E-state index contributed by atoms with van der Waals surface area (Å²) in [5, 5.41) is 6.30. The van der Waals surface area contributed by atoms with Crippen LogP contribution in [0.2, 0.25) is 0 Å². The molecular formula is C17H25N3. The summed E-state index contributed by atoms with van der Waals surface area (Å²) in [5.74, 6) is 3.33. The Bertz CT molecular complexity index is 478. The molecule has 0 bridgehead atoms. The first kappa shape index (κ1) is 16.1. The predicted molar refractivity (Wildman–Crippen MR) is 87.0 cm³/mol. The second kappa shape index (κ2) is 7.59. The molecule has 0 aliphatic heterocycles. The second-order valence-electron chi connectivity index (χ2n) is 5.50. The van der Waals surface area contributed by atoms with Gasteiger partial charge in [-0.2, -0.15) is 0 Å². The third-order valence-electron chi connectivity index (χ3n) is 3.17. The fraction of sp³-hybridized carbons (Fsp3) is 0.471. The van der Waals surface area contributed by atoms with Crippen LogP contribution in [0.25, 0.3) is 0 Å². The number of nitrogens with one attached hydrogen (secondary N) is 2.